The Labute approximate surface area is 151 Å². The van der Waals surface area contributed by atoms with E-state index in [-0.39, 0.29) is 51.1 Å². The molecule has 2 rings (SSSR count). The number of sulfonamides is 1. The summed E-state index contributed by atoms with van der Waals surface area (Å²) < 4.78 is 57.5. The van der Waals surface area contributed by atoms with Crippen LogP contribution in [0, 0.1) is 11.6 Å². The Bertz CT molecular complexity index is 712. The summed E-state index contributed by atoms with van der Waals surface area (Å²) in [5.74, 6) is -2.33. The molecule has 1 aromatic carbocycles. The molecule has 25 heavy (non-hydrogen) atoms. The van der Waals surface area contributed by atoms with Crippen LogP contribution in [0.3, 0.4) is 0 Å². The number of hydrogen-bond donors (Lipinski definition) is 1. The molecule has 1 saturated heterocycles. The number of amides is 1. The molecule has 1 aromatic rings. The van der Waals surface area contributed by atoms with Gasteiger partial charge in [-0.2, -0.15) is 4.31 Å². The molecule has 1 amide bonds. The number of carbonyl (C=O) groups is 1. The lowest BCUT2D eigenvalue weighted by molar-refractivity contribution is -0.134. The van der Waals surface area contributed by atoms with Crippen molar-refractivity contribution in [2.24, 2.45) is 5.73 Å². The molecular formula is C14H20ClF2N3O4S. The lowest BCUT2D eigenvalue weighted by Gasteiger charge is -2.35. The van der Waals surface area contributed by atoms with Crippen molar-refractivity contribution in [2.45, 2.75) is 10.9 Å². The molecule has 1 fully saturated rings. The number of nitrogens with zero attached hydrogens (tertiary/aromatic N) is 2. The quantitative estimate of drug-likeness (QED) is 0.763. The highest BCUT2D eigenvalue weighted by Gasteiger charge is 2.33. The summed E-state index contributed by atoms with van der Waals surface area (Å²) in [5.41, 5.74) is 5.67. The number of nitrogens with two attached hydrogens (primary N) is 1. The standard InChI is InChI=1S/C14H19F2N3O4S.ClH/c1-23-9-12(17)14(20)18-4-6-19(7-5-18)24(21,22)13-3-2-10(15)8-11(13)16;/h2-3,8,12H,4-7,9,17H2,1H3;1H. The van der Waals surface area contributed by atoms with Gasteiger partial charge in [0.1, 0.15) is 22.6 Å². The van der Waals surface area contributed by atoms with E-state index in [9.17, 15) is 22.0 Å². The van der Waals surface area contributed by atoms with Crippen molar-refractivity contribution >= 4 is 28.3 Å². The van der Waals surface area contributed by atoms with Crippen LogP contribution in [0.25, 0.3) is 0 Å². The molecule has 0 aliphatic carbocycles. The SMILES string of the molecule is COCC(N)C(=O)N1CCN(S(=O)(=O)c2ccc(F)cc2F)CC1.Cl. The van der Waals surface area contributed by atoms with E-state index in [0.29, 0.717) is 6.07 Å². The van der Waals surface area contributed by atoms with Gasteiger partial charge >= 0.3 is 0 Å². The summed E-state index contributed by atoms with van der Waals surface area (Å²) in [6, 6.07) is 1.50. The molecule has 142 valence electrons. The zero-order valence-electron chi connectivity index (χ0n) is 13.5. The molecule has 11 heteroatoms. The maximum Gasteiger partial charge on any atom is 0.246 e. The van der Waals surface area contributed by atoms with E-state index in [1.165, 1.54) is 12.0 Å². The van der Waals surface area contributed by atoms with Crippen LogP contribution < -0.4 is 5.73 Å². The lowest BCUT2D eigenvalue weighted by Crippen LogP contribution is -2.55. The number of carbonyl (C=O) groups excluding carboxylic acids is 1. The number of ether oxygens (including phenoxy) is 1. The molecular weight excluding hydrogens is 380 g/mol. The van der Waals surface area contributed by atoms with E-state index in [4.69, 9.17) is 10.5 Å². The van der Waals surface area contributed by atoms with E-state index in [0.717, 1.165) is 16.4 Å². The minimum atomic E-state index is -4.09. The maximum atomic E-state index is 13.8. The molecule has 1 aliphatic rings. The van der Waals surface area contributed by atoms with Crippen LogP contribution in [0.15, 0.2) is 23.1 Å². The third-order valence-corrected chi connectivity index (χ3v) is 5.66. The smallest absolute Gasteiger partial charge is 0.246 e. The molecule has 1 aliphatic heterocycles. The summed E-state index contributed by atoms with van der Waals surface area (Å²) in [6.45, 7) is 0.351. The molecule has 1 unspecified atom stereocenters. The fraction of sp³-hybridized carbons (Fsp3) is 0.500. The zero-order valence-corrected chi connectivity index (χ0v) is 15.2. The van der Waals surface area contributed by atoms with Crippen LogP contribution in [0.4, 0.5) is 8.78 Å². The summed E-state index contributed by atoms with van der Waals surface area (Å²) >= 11 is 0. The van der Waals surface area contributed by atoms with Gasteiger partial charge in [-0.1, -0.05) is 0 Å². The van der Waals surface area contributed by atoms with E-state index in [1.54, 1.807) is 0 Å². The molecule has 0 aromatic heterocycles. The van der Waals surface area contributed by atoms with Gasteiger partial charge in [0.2, 0.25) is 15.9 Å². The van der Waals surface area contributed by atoms with Crippen molar-refractivity contribution < 1.29 is 26.7 Å². The first-order valence-electron chi connectivity index (χ1n) is 7.26. The highest BCUT2D eigenvalue weighted by Crippen LogP contribution is 2.21. The van der Waals surface area contributed by atoms with Crippen molar-refractivity contribution in [3.8, 4) is 0 Å². The summed E-state index contributed by atoms with van der Waals surface area (Å²) in [5, 5.41) is 0. The first-order chi connectivity index (χ1) is 11.3. The number of halogens is 3. The van der Waals surface area contributed by atoms with Gasteiger partial charge in [0, 0.05) is 39.4 Å². The summed E-state index contributed by atoms with van der Waals surface area (Å²) in [6.07, 6.45) is 0. The predicted molar refractivity (Wildman–Crippen MR) is 88.8 cm³/mol. The summed E-state index contributed by atoms with van der Waals surface area (Å²) in [4.78, 5) is 12.9. The number of hydrogen-bond acceptors (Lipinski definition) is 5. The van der Waals surface area contributed by atoms with Crippen molar-refractivity contribution in [1.29, 1.82) is 0 Å². The molecule has 1 atom stereocenters. The van der Waals surface area contributed by atoms with Crippen LogP contribution in [-0.4, -0.2) is 69.5 Å². The van der Waals surface area contributed by atoms with Gasteiger partial charge < -0.3 is 15.4 Å². The fourth-order valence-corrected chi connectivity index (χ4v) is 3.93. The van der Waals surface area contributed by atoms with E-state index < -0.39 is 32.6 Å². The topological polar surface area (TPSA) is 92.9 Å². The monoisotopic (exact) mass is 399 g/mol. The molecule has 0 spiro atoms. The second-order valence-corrected chi connectivity index (χ2v) is 7.27. The second-order valence-electron chi connectivity index (χ2n) is 5.37. The van der Waals surface area contributed by atoms with E-state index in [2.05, 4.69) is 0 Å². The third kappa shape index (κ3) is 4.85. The van der Waals surface area contributed by atoms with Crippen LogP contribution in [0.2, 0.25) is 0 Å². The average Bonchev–Trinajstić information content (AvgIpc) is 2.54. The number of benzene rings is 1. The lowest BCUT2D eigenvalue weighted by atomic mass is 10.2. The zero-order chi connectivity index (χ0) is 17.9. The minimum Gasteiger partial charge on any atom is -0.383 e. The van der Waals surface area contributed by atoms with Crippen molar-refractivity contribution in [2.75, 3.05) is 39.9 Å². The van der Waals surface area contributed by atoms with Crippen LogP contribution >= 0.6 is 12.4 Å². The Hall–Kier alpha value is -1.33. The molecule has 7 nitrogen and oxygen atoms in total. The molecule has 2 N–H and O–H groups in total. The van der Waals surface area contributed by atoms with Crippen LogP contribution in [0.1, 0.15) is 0 Å². The van der Waals surface area contributed by atoms with Crippen molar-refractivity contribution in [1.82, 2.24) is 9.21 Å². The first kappa shape index (κ1) is 21.7. The highest BCUT2D eigenvalue weighted by molar-refractivity contribution is 7.89. The number of methoxy groups -OCH3 is 1. The molecule has 1 heterocycles. The average molecular weight is 400 g/mol. The fourth-order valence-electron chi connectivity index (χ4n) is 2.46. The highest BCUT2D eigenvalue weighted by atomic mass is 35.5. The Morgan fingerprint density at radius 3 is 2.40 bits per heavy atom. The Morgan fingerprint density at radius 1 is 1.28 bits per heavy atom. The Morgan fingerprint density at radius 2 is 1.88 bits per heavy atom. The van der Waals surface area contributed by atoms with Gasteiger partial charge in [-0.25, -0.2) is 17.2 Å². The van der Waals surface area contributed by atoms with Gasteiger partial charge in [-0.15, -0.1) is 12.4 Å². The normalized spacial score (nSPS) is 17.0. The van der Waals surface area contributed by atoms with Gasteiger partial charge in [0.15, 0.2) is 0 Å². The van der Waals surface area contributed by atoms with Crippen LogP contribution in [-0.2, 0) is 19.6 Å². The van der Waals surface area contributed by atoms with Gasteiger partial charge in [-0.3, -0.25) is 4.79 Å². The first-order valence-corrected chi connectivity index (χ1v) is 8.70. The number of piperazine rings is 1. The predicted octanol–water partition coefficient (Wildman–Crippen LogP) is 0.193. The Balaban J connectivity index is 0.00000312. The Kier molecular flexibility index (Phi) is 7.69. The van der Waals surface area contributed by atoms with E-state index in [1.807, 2.05) is 0 Å². The van der Waals surface area contributed by atoms with Crippen molar-refractivity contribution in [3.63, 3.8) is 0 Å². The molecule has 0 radical (unpaired) electrons. The van der Waals surface area contributed by atoms with Gasteiger partial charge in [0.05, 0.1) is 6.61 Å². The number of rotatable bonds is 5. The maximum absolute atomic E-state index is 13.8. The largest absolute Gasteiger partial charge is 0.383 e. The van der Waals surface area contributed by atoms with Gasteiger partial charge in [-0.05, 0) is 12.1 Å². The van der Waals surface area contributed by atoms with E-state index >= 15 is 0 Å². The minimum absolute atomic E-state index is 0. The molecule has 0 bridgehead atoms. The van der Waals surface area contributed by atoms with Crippen LogP contribution in [0.5, 0.6) is 0 Å². The third-order valence-electron chi connectivity index (χ3n) is 3.73. The van der Waals surface area contributed by atoms with Crippen molar-refractivity contribution in [3.05, 3.63) is 29.8 Å². The van der Waals surface area contributed by atoms with Gasteiger partial charge in [0.25, 0.3) is 0 Å². The summed E-state index contributed by atoms with van der Waals surface area (Å²) in [7, 11) is -2.67. The second kappa shape index (κ2) is 8.86. The molecule has 0 saturated carbocycles.